The van der Waals surface area contributed by atoms with Crippen LogP contribution < -0.4 is 15.4 Å². The van der Waals surface area contributed by atoms with Gasteiger partial charge in [0.15, 0.2) is 0 Å². The molecule has 1 aromatic heterocycles. The zero-order chi connectivity index (χ0) is 12.8. The SMILES string of the molecule is CCOc1cc(C)nc(N(CCN)C(C)C)n1. The first kappa shape index (κ1) is 13.7. The third kappa shape index (κ3) is 3.85. The summed E-state index contributed by atoms with van der Waals surface area (Å²) in [5.74, 6) is 1.31. The highest BCUT2D eigenvalue weighted by atomic mass is 16.5. The van der Waals surface area contributed by atoms with Crippen LogP contribution in [0.2, 0.25) is 0 Å². The highest BCUT2D eigenvalue weighted by Gasteiger charge is 2.14. The van der Waals surface area contributed by atoms with Gasteiger partial charge in [-0.1, -0.05) is 0 Å². The maximum atomic E-state index is 5.61. The molecule has 0 aliphatic carbocycles. The van der Waals surface area contributed by atoms with Crippen LogP contribution in [0.4, 0.5) is 5.95 Å². The molecule has 1 rings (SSSR count). The van der Waals surface area contributed by atoms with Gasteiger partial charge >= 0.3 is 0 Å². The van der Waals surface area contributed by atoms with E-state index < -0.39 is 0 Å². The third-order valence-corrected chi connectivity index (χ3v) is 2.36. The molecule has 0 atom stereocenters. The summed E-state index contributed by atoms with van der Waals surface area (Å²) >= 11 is 0. The molecule has 0 amide bonds. The van der Waals surface area contributed by atoms with E-state index in [1.807, 2.05) is 19.9 Å². The standard InChI is InChI=1S/C12H22N4O/c1-5-17-11-8-10(4)14-12(15-11)16(7-6-13)9(2)3/h8-9H,5-7,13H2,1-4H3. The van der Waals surface area contributed by atoms with Gasteiger partial charge in [-0.3, -0.25) is 0 Å². The molecular weight excluding hydrogens is 216 g/mol. The third-order valence-electron chi connectivity index (χ3n) is 2.36. The molecule has 0 saturated heterocycles. The van der Waals surface area contributed by atoms with Crippen LogP contribution in [0.5, 0.6) is 5.88 Å². The molecule has 0 aromatic carbocycles. The van der Waals surface area contributed by atoms with E-state index in [9.17, 15) is 0 Å². The smallest absolute Gasteiger partial charge is 0.229 e. The predicted octanol–water partition coefficient (Wildman–Crippen LogP) is 1.36. The van der Waals surface area contributed by atoms with Gasteiger partial charge in [-0.15, -0.1) is 0 Å². The number of rotatable bonds is 6. The summed E-state index contributed by atoms with van der Waals surface area (Å²) in [7, 11) is 0. The number of hydrogen-bond donors (Lipinski definition) is 1. The summed E-state index contributed by atoms with van der Waals surface area (Å²) in [5.41, 5.74) is 6.51. The Labute approximate surface area is 103 Å². The van der Waals surface area contributed by atoms with E-state index in [4.69, 9.17) is 10.5 Å². The van der Waals surface area contributed by atoms with Crippen molar-refractivity contribution in [1.29, 1.82) is 0 Å². The van der Waals surface area contributed by atoms with Crippen molar-refractivity contribution in [1.82, 2.24) is 9.97 Å². The molecule has 0 unspecified atom stereocenters. The molecule has 17 heavy (non-hydrogen) atoms. The lowest BCUT2D eigenvalue weighted by Gasteiger charge is -2.26. The van der Waals surface area contributed by atoms with Gasteiger partial charge in [0.2, 0.25) is 11.8 Å². The lowest BCUT2D eigenvalue weighted by Crippen LogP contribution is -2.36. The Balaban J connectivity index is 3.00. The molecule has 0 aliphatic rings. The van der Waals surface area contributed by atoms with Gasteiger partial charge in [0.05, 0.1) is 6.61 Å². The van der Waals surface area contributed by atoms with Crippen molar-refractivity contribution in [2.75, 3.05) is 24.6 Å². The Kier molecular flexibility index (Phi) is 5.15. The van der Waals surface area contributed by atoms with E-state index >= 15 is 0 Å². The van der Waals surface area contributed by atoms with Crippen molar-refractivity contribution in [3.63, 3.8) is 0 Å². The van der Waals surface area contributed by atoms with Crippen LogP contribution in [0.3, 0.4) is 0 Å². The number of ether oxygens (including phenoxy) is 1. The van der Waals surface area contributed by atoms with E-state index in [0.717, 1.165) is 12.2 Å². The van der Waals surface area contributed by atoms with E-state index in [1.165, 1.54) is 0 Å². The van der Waals surface area contributed by atoms with Crippen molar-refractivity contribution in [3.05, 3.63) is 11.8 Å². The molecule has 0 fully saturated rings. The highest BCUT2D eigenvalue weighted by Crippen LogP contribution is 2.17. The number of hydrogen-bond acceptors (Lipinski definition) is 5. The quantitative estimate of drug-likeness (QED) is 0.810. The summed E-state index contributed by atoms with van der Waals surface area (Å²) in [4.78, 5) is 10.9. The van der Waals surface area contributed by atoms with E-state index in [0.29, 0.717) is 31.0 Å². The number of aryl methyl sites for hydroxylation is 1. The summed E-state index contributed by atoms with van der Waals surface area (Å²) in [6, 6.07) is 2.16. The molecule has 0 bridgehead atoms. The summed E-state index contributed by atoms with van der Waals surface area (Å²) in [6.07, 6.45) is 0. The van der Waals surface area contributed by atoms with Crippen molar-refractivity contribution in [3.8, 4) is 5.88 Å². The molecule has 5 heteroatoms. The van der Waals surface area contributed by atoms with Crippen LogP contribution in [-0.4, -0.2) is 35.7 Å². The van der Waals surface area contributed by atoms with Crippen LogP contribution >= 0.6 is 0 Å². The van der Waals surface area contributed by atoms with Crippen molar-refractivity contribution >= 4 is 5.95 Å². The van der Waals surface area contributed by atoms with Crippen LogP contribution in [0, 0.1) is 6.92 Å². The minimum atomic E-state index is 0.315. The summed E-state index contributed by atoms with van der Waals surface area (Å²) < 4.78 is 5.43. The Bertz CT molecular complexity index is 354. The summed E-state index contributed by atoms with van der Waals surface area (Å²) in [5, 5.41) is 0. The zero-order valence-corrected chi connectivity index (χ0v) is 11.1. The van der Waals surface area contributed by atoms with Crippen LogP contribution in [0.15, 0.2) is 6.07 Å². The number of nitrogens with zero attached hydrogens (tertiary/aromatic N) is 3. The molecule has 1 aromatic rings. The minimum Gasteiger partial charge on any atom is -0.478 e. The van der Waals surface area contributed by atoms with Gasteiger partial charge in [0.1, 0.15) is 0 Å². The Morgan fingerprint density at radius 2 is 2.12 bits per heavy atom. The lowest BCUT2D eigenvalue weighted by molar-refractivity contribution is 0.325. The second kappa shape index (κ2) is 6.39. The molecule has 0 aliphatic heterocycles. The molecule has 0 saturated carbocycles. The van der Waals surface area contributed by atoms with Gasteiger partial charge in [0, 0.05) is 30.9 Å². The second-order valence-electron chi connectivity index (χ2n) is 4.16. The molecule has 0 spiro atoms. The van der Waals surface area contributed by atoms with Gasteiger partial charge in [-0.05, 0) is 27.7 Å². The Morgan fingerprint density at radius 1 is 1.41 bits per heavy atom. The second-order valence-corrected chi connectivity index (χ2v) is 4.16. The van der Waals surface area contributed by atoms with E-state index in [2.05, 4.69) is 28.7 Å². The highest BCUT2D eigenvalue weighted by molar-refractivity contribution is 5.35. The van der Waals surface area contributed by atoms with Crippen LogP contribution in [0.25, 0.3) is 0 Å². The maximum absolute atomic E-state index is 5.61. The average Bonchev–Trinajstić information content (AvgIpc) is 2.25. The topological polar surface area (TPSA) is 64.3 Å². The van der Waals surface area contributed by atoms with Gasteiger partial charge < -0.3 is 15.4 Å². The Hall–Kier alpha value is -1.36. The lowest BCUT2D eigenvalue weighted by atomic mass is 10.3. The monoisotopic (exact) mass is 238 g/mol. The molecule has 1 heterocycles. The van der Waals surface area contributed by atoms with Crippen LogP contribution in [-0.2, 0) is 0 Å². The van der Waals surface area contributed by atoms with Crippen molar-refractivity contribution < 1.29 is 4.74 Å². The molecule has 0 radical (unpaired) electrons. The predicted molar refractivity (Wildman–Crippen MR) is 69.5 cm³/mol. The maximum Gasteiger partial charge on any atom is 0.229 e. The van der Waals surface area contributed by atoms with Gasteiger partial charge in [0.25, 0.3) is 0 Å². The zero-order valence-electron chi connectivity index (χ0n) is 11.1. The first-order chi connectivity index (χ1) is 8.08. The minimum absolute atomic E-state index is 0.315. The van der Waals surface area contributed by atoms with Crippen LogP contribution in [0.1, 0.15) is 26.5 Å². The van der Waals surface area contributed by atoms with E-state index in [1.54, 1.807) is 0 Å². The van der Waals surface area contributed by atoms with Gasteiger partial charge in [-0.25, -0.2) is 4.98 Å². The molecule has 5 nitrogen and oxygen atoms in total. The molecule has 2 N–H and O–H groups in total. The summed E-state index contributed by atoms with van der Waals surface area (Å²) in [6.45, 7) is 10.0. The Morgan fingerprint density at radius 3 is 2.65 bits per heavy atom. The fraction of sp³-hybridized carbons (Fsp3) is 0.667. The fourth-order valence-electron chi connectivity index (χ4n) is 1.60. The molecular formula is C12H22N4O. The fourth-order valence-corrected chi connectivity index (χ4v) is 1.60. The first-order valence-electron chi connectivity index (χ1n) is 6.03. The normalized spacial score (nSPS) is 10.7. The first-order valence-corrected chi connectivity index (χ1v) is 6.03. The number of anilines is 1. The number of aromatic nitrogens is 2. The van der Waals surface area contributed by atoms with Gasteiger partial charge in [-0.2, -0.15) is 4.98 Å². The molecule has 96 valence electrons. The average molecular weight is 238 g/mol. The number of nitrogens with two attached hydrogens (primary N) is 1. The van der Waals surface area contributed by atoms with Crippen molar-refractivity contribution in [2.45, 2.75) is 33.7 Å². The van der Waals surface area contributed by atoms with E-state index in [-0.39, 0.29) is 0 Å². The largest absolute Gasteiger partial charge is 0.478 e. The van der Waals surface area contributed by atoms with Crippen molar-refractivity contribution in [2.24, 2.45) is 5.73 Å².